The van der Waals surface area contributed by atoms with Crippen molar-refractivity contribution >= 4 is 13.8 Å². The van der Waals surface area contributed by atoms with Crippen molar-refractivity contribution in [2.75, 3.05) is 54.1 Å². The monoisotopic (exact) mass is 806 g/mol. The van der Waals surface area contributed by atoms with Gasteiger partial charge in [-0.05, 0) is 51.4 Å². The fourth-order valence-corrected chi connectivity index (χ4v) is 6.36. The van der Waals surface area contributed by atoms with Gasteiger partial charge in [0.15, 0.2) is 0 Å². The zero-order valence-corrected chi connectivity index (χ0v) is 37.5. The van der Waals surface area contributed by atoms with Crippen LogP contribution in [-0.2, 0) is 27.9 Å². The van der Waals surface area contributed by atoms with Gasteiger partial charge in [0, 0.05) is 13.0 Å². The summed E-state index contributed by atoms with van der Waals surface area (Å²) in [5.74, 6) is -0.416. The summed E-state index contributed by atoms with van der Waals surface area (Å²) in [6, 6.07) is 0. The lowest BCUT2D eigenvalue weighted by molar-refractivity contribution is -0.870. The van der Waals surface area contributed by atoms with Crippen molar-refractivity contribution in [1.29, 1.82) is 0 Å². The second-order valence-electron chi connectivity index (χ2n) is 15.7. The molecule has 0 aromatic rings. The smallest absolute Gasteiger partial charge is 0.306 e. The van der Waals surface area contributed by atoms with E-state index in [2.05, 4.69) is 74.6 Å². The van der Waals surface area contributed by atoms with E-state index in [1.807, 2.05) is 33.3 Å². The Morgan fingerprint density at radius 3 is 1.45 bits per heavy atom. The Kier molecular flexibility index (Phi) is 38.3. The molecule has 0 radical (unpaired) electrons. The molecule has 0 spiro atoms. The van der Waals surface area contributed by atoms with Crippen molar-refractivity contribution in [1.82, 2.24) is 0 Å². The molecule has 0 N–H and O–H groups in total. The number of phosphoric acid groups is 1. The minimum atomic E-state index is -4.55. The van der Waals surface area contributed by atoms with Crippen molar-refractivity contribution in [2.45, 2.75) is 168 Å². The largest absolute Gasteiger partial charge is 0.756 e. The van der Waals surface area contributed by atoms with Gasteiger partial charge in [0.1, 0.15) is 19.3 Å². The predicted octanol–water partition coefficient (Wildman–Crippen LogP) is 12.5. The van der Waals surface area contributed by atoms with Gasteiger partial charge in [0.05, 0.1) is 34.4 Å². The van der Waals surface area contributed by atoms with Gasteiger partial charge in [0.25, 0.3) is 7.82 Å². The summed E-state index contributed by atoms with van der Waals surface area (Å²) >= 11 is 0. The molecule has 0 bridgehead atoms. The SMILES string of the molecule is CC/C=C\C/C=C\C/C=C\C/C=C\C/C=C\C/C=C\CCC(=O)OC(COCCCCCCCCCCCCCCCCC)COP(=O)([O-])OCC[N+](C)(C)C. The van der Waals surface area contributed by atoms with Gasteiger partial charge in [-0.15, -0.1) is 0 Å². The molecule has 0 aromatic carbocycles. The first-order valence-electron chi connectivity index (χ1n) is 22.2. The summed E-state index contributed by atoms with van der Waals surface area (Å²) in [5.41, 5.74) is 0. The molecule has 0 aliphatic carbocycles. The molecule has 0 fully saturated rings. The van der Waals surface area contributed by atoms with Crippen LogP contribution in [0.2, 0.25) is 0 Å². The number of carbonyl (C=O) groups is 1. The third-order valence-electron chi connectivity index (χ3n) is 9.04. The molecule has 0 aliphatic heterocycles. The van der Waals surface area contributed by atoms with Crippen LogP contribution in [0.4, 0.5) is 0 Å². The number of hydrogen-bond donors (Lipinski definition) is 0. The summed E-state index contributed by atoms with van der Waals surface area (Å²) in [6.45, 7) is 5.19. The van der Waals surface area contributed by atoms with Crippen LogP contribution in [0.5, 0.6) is 0 Å². The number of quaternary nitrogens is 1. The maximum atomic E-state index is 12.6. The molecule has 324 valence electrons. The summed E-state index contributed by atoms with van der Waals surface area (Å²) in [5, 5.41) is 0. The molecule has 0 aromatic heterocycles. The highest BCUT2D eigenvalue weighted by Gasteiger charge is 2.20. The van der Waals surface area contributed by atoms with Crippen LogP contribution >= 0.6 is 7.82 Å². The van der Waals surface area contributed by atoms with E-state index in [0.29, 0.717) is 24.1 Å². The van der Waals surface area contributed by atoms with Gasteiger partial charge in [-0.1, -0.05) is 177 Å². The van der Waals surface area contributed by atoms with Crippen LogP contribution in [0.25, 0.3) is 0 Å². The van der Waals surface area contributed by atoms with Crippen molar-refractivity contribution in [3.05, 3.63) is 72.9 Å². The normalized spacial score (nSPS) is 14.5. The van der Waals surface area contributed by atoms with E-state index in [1.165, 1.54) is 83.5 Å². The van der Waals surface area contributed by atoms with Gasteiger partial charge in [-0.3, -0.25) is 9.36 Å². The van der Waals surface area contributed by atoms with E-state index in [4.69, 9.17) is 18.5 Å². The minimum absolute atomic E-state index is 0.0103. The number of likely N-dealkylation sites (N-methyl/N-ethyl adjacent to an activating group) is 1. The van der Waals surface area contributed by atoms with E-state index >= 15 is 0 Å². The molecular weight excluding hydrogens is 721 g/mol. The maximum Gasteiger partial charge on any atom is 0.306 e. The number of hydrogen-bond acceptors (Lipinski definition) is 7. The lowest BCUT2D eigenvalue weighted by Crippen LogP contribution is -2.37. The molecule has 0 saturated carbocycles. The van der Waals surface area contributed by atoms with E-state index in [9.17, 15) is 14.3 Å². The fraction of sp³-hybridized carbons (Fsp3) is 0.723. The van der Waals surface area contributed by atoms with Crippen molar-refractivity contribution < 1.29 is 37.3 Å². The number of unbranched alkanes of at least 4 members (excludes halogenated alkanes) is 14. The highest BCUT2D eigenvalue weighted by Crippen LogP contribution is 2.38. The molecule has 0 saturated heterocycles. The molecule has 56 heavy (non-hydrogen) atoms. The number of allylic oxidation sites excluding steroid dienone is 12. The van der Waals surface area contributed by atoms with Crippen molar-refractivity contribution in [2.24, 2.45) is 0 Å². The van der Waals surface area contributed by atoms with Crippen LogP contribution in [-0.4, -0.2) is 70.7 Å². The standard InChI is InChI=1S/C47H84NO7P/c1-6-8-10-12-14-16-18-20-22-23-24-25-26-28-30-32-34-36-38-40-47(49)55-46(45-54-56(50,51)53-43-41-48(3,4)5)44-52-42-39-37-35-33-31-29-27-21-19-17-15-13-11-9-7-2/h8,10,14,16,20,22,24-25,28,30,34,36,46H,6-7,9,11-13,15,17-19,21,23,26-27,29,31-33,35,37-45H2,1-5H3/b10-8-,16-14-,22-20-,25-24-,30-28-,36-34-. The fourth-order valence-electron chi connectivity index (χ4n) is 5.63. The number of phosphoric ester groups is 1. The highest BCUT2D eigenvalue weighted by molar-refractivity contribution is 7.45. The zero-order valence-electron chi connectivity index (χ0n) is 36.6. The Balaban J connectivity index is 4.37. The minimum Gasteiger partial charge on any atom is -0.756 e. The van der Waals surface area contributed by atoms with Crippen molar-refractivity contribution in [3.8, 4) is 0 Å². The quantitative estimate of drug-likeness (QED) is 0.0200. The van der Waals surface area contributed by atoms with Gasteiger partial charge in [0.2, 0.25) is 0 Å². The Morgan fingerprint density at radius 1 is 0.571 bits per heavy atom. The molecular formula is C47H84NO7P. The highest BCUT2D eigenvalue weighted by atomic mass is 31.2. The first kappa shape index (κ1) is 53.9. The van der Waals surface area contributed by atoms with E-state index in [0.717, 1.165) is 51.4 Å². The zero-order chi connectivity index (χ0) is 41.3. The first-order valence-corrected chi connectivity index (χ1v) is 23.6. The third kappa shape index (κ3) is 43.1. The second-order valence-corrected chi connectivity index (χ2v) is 17.1. The summed E-state index contributed by atoms with van der Waals surface area (Å²) in [7, 11) is 1.30. The van der Waals surface area contributed by atoms with E-state index in [1.54, 1.807) is 0 Å². The lowest BCUT2D eigenvalue weighted by atomic mass is 10.0. The summed E-state index contributed by atoms with van der Waals surface area (Å²) in [6.07, 6.45) is 50.7. The van der Waals surface area contributed by atoms with Crippen LogP contribution in [0, 0.1) is 0 Å². The van der Waals surface area contributed by atoms with E-state index in [-0.39, 0.29) is 26.2 Å². The molecule has 0 aliphatic rings. The van der Waals surface area contributed by atoms with Crippen LogP contribution in [0.15, 0.2) is 72.9 Å². The number of esters is 1. The molecule has 8 nitrogen and oxygen atoms in total. The molecule has 0 amide bonds. The lowest BCUT2D eigenvalue weighted by Gasteiger charge is -2.28. The van der Waals surface area contributed by atoms with Gasteiger partial charge >= 0.3 is 5.97 Å². The van der Waals surface area contributed by atoms with Crippen LogP contribution < -0.4 is 4.89 Å². The summed E-state index contributed by atoms with van der Waals surface area (Å²) < 4.78 is 34.5. The Labute approximate surface area is 344 Å². The third-order valence-corrected chi connectivity index (χ3v) is 10.00. The first-order chi connectivity index (χ1) is 27.1. The van der Waals surface area contributed by atoms with Gasteiger partial charge in [-0.25, -0.2) is 0 Å². The molecule has 0 heterocycles. The van der Waals surface area contributed by atoms with Crippen LogP contribution in [0.3, 0.4) is 0 Å². The molecule has 9 heteroatoms. The molecule has 2 atom stereocenters. The van der Waals surface area contributed by atoms with Gasteiger partial charge < -0.3 is 27.9 Å². The number of rotatable bonds is 40. The Hall–Kier alpha value is -2.06. The predicted molar refractivity (Wildman–Crippen MR) is 235 cm³/mol. The van der Waals surface area contributed by atoms with Gasteiger partial charge in [-0.2, -0.15) is 0 Å². The average molecular weight is 806 g/mol. The summed E-state index contributed by atoms with van der Waals surface area (Å²) in [4.78, 5) is 25.0. The maximum absolute atomic E-state index is 12.6. The average Bonchev–Trinajstić information content (AvgIpc) is 3.15. The number of carbonyl (C=O) groups excluding carboxylic acids is 1. The number of ether oxygens (including phenoxy) is 2. The van der Waals surface area contributed by atoms with Crippen LogP contribution in [0.1, 0.15) is 162 Å². The number of nitrogens with zero attached hydrogens (tertiary/aromatic N) is 1. The van der Waals surface area contributed by atoms with Crippen molar-refractivity contribution in [3.63, 3.8) is 0 Å². The topological polar surface area (TPSA) is 94.1 Å². The second kappa shape index (κ2) is 39.8. The molecule has 0 rings (SSSR count). The Bertz CT molecular complexity index is 1120. The molecule has 2 unspecified atom stereocenters. The van der Waals surface area contributed by atoms with E-state index < -0.39 is 19.9 Å². The Morgan fingerprint density at radius 2 is 1.00 bits per heavy atom.